The Balaban J connectivity index is 1.25. The number of halogens is 1. The zero-order chi connectivity index (χ0) is 22.2. The molecule has 0 radical (unpaired) electrons. The van der Waals surface area contributed by atoms with E-state index in [0.29, 0.717) is 40.3 Å². The lowest BCUT2D eigenvalue weighted by Gasteiger charge is -2.16. The number of anilines is 2. The Bertz CT molecular complexity index is 1030. The molecule has 2 N–H and O–H groups in total. The average molecular weight is 453 g/mol. The third-order valence-corrected chi connectivity index (χ3v) is 5.35. The van der Waals surface area contributed by atoms with Crippen molar-refractivity contribution in [2.24, 2.45) is 0 Å². The second kappa shape index (κ2) is 10.8. The van der Waals surface area contributed by atoms with Gasteiger partial charge in [-0.3, -0.25) is 9.88 Å². The van der Waals surface area contributed by atoms with Crippen LogP contribution in [0.1, 0.15) is 12.8 Å². The molecule has 1 aliphatic heterocycles. The molecular weight excluding hydrogens is 428 g/mol. The van der Waals surface area contributed by atoms with E-state index in [4.69, 9.17) is 21.1 Å². The molecule has 0 aliphatic carbocycles. The summed E-state index contributed by atoms with van der Waals surface area (Å²) < 4.78 is 11.5. The van der Waals surface area contributed by atoms with E-state index >= 15 is 0 Å². The van der Waals surface area contributed by atoms with E-state index in [-0.39, 0.29) is 6.03 Å². The fourth-order valence-corrected chi connectivity index (χ4v) is 3.66. The monoisotopic (exact) mass is 452 g/mol. The highest BCUT2D eigenvalue weighted by Gasteiger charge is 2.12. The van der Waals surface area contributed by atoms with E-state index in [1.165, 1.54) is 12.8 Å². The van der Waals surface area contributed by atoms with Gasteiger partial charge in [-0.2, -0.15) is 0 Å². The van der Waals surface area contributed by atoms with Crippen LogP contribution in [0.3, 0.4) is 0 Å². The molecule has 0 atom stereocenters. The molecule has 7 nitrogen and oxygen atoms in total. The number of amides is 2. The molecule has 32 heavy (non-hydrogen) atoms. The number of likely N-dealkylation sites (tertiary alicyclic amines) is 1. The average Bonchev–Trinajstić information content (AvgIpc) is 3.31. The Morgan fingerprint density at radius 2 is 1.59 bits per heavy atom. The standard InChI is InChI=1S/C24H25ClN4O3/c25-22-17-19(5-8-23(22)31-16-15-29-13-1-2-14-29)28-24(30)27-18-3-6-20(7-4-18)32-21-9-11-26-12-10-21/h3-12,17H,1-2,13-16H2,(H2,27,28,30). The topological polar surface area (TPSA) is 75.7 Å². The highest BCUT2D eigenvalue weighted by molar-refractivity contribution is 6.32. The van der Waals surface area contributed by atoms with Gasteiger partial charge < -0.3 is 20.1 Å². The van der Waals surface area contributed by atoms with E-state index in [1.54, 1.807) is 67.0 Å². The molecule has 1 aromatic heterocycles. The zero-order valence-corrected chi connectivity index (χ0v) is 18.3. The summed E-state index contributed by atoms with van der Waals surface area (Å²) in [5.41, 5.74) is 1.22. The van der Waals surface area contributed by atoms with E-state index < -0.39 is 0 Å². The maximum atomic E-state index is 12.3. The summed E-state index contributed by atoms with van der Waals surface area (Å²) in [6.07, 6.45) is 5.84. The Morgan fingerprint density at radius 3 is 2.31 bits per heavy atom. The lowest BCUT2D eigenvalue weighted by Crippen LogP contribution is -2.25. The molecule has 2 aromatic carbocycles. The molecule has 0 saturated carbocycles. The summed E-state index contributed by atoms with van der Waals surface area (Å²) in [6.45, 7) is 3.75. The van der Waals surface area contributed by atoms with Gasteiger partial charge in [-0.05, 0) is 80.5 Å². The Kier molecular flexibility index (Phi) is 7.42. The number of nitrogens with one attached hydrogen (secondary N) is 2. The van der Waals surface area contributed by atoms with Crippen LogP contribution in [0.25, 0.3) is 0 Å². The lowest BCUT2D eigenvalue weighted by atomic mass is 10.3. The number of carbonyl (C=O) groups excluding carboxylic acids is 1. The maximum Gasteiger partial charge on any atom is 0.323 e. The molecule has 166 valence electrons. The Morgan fingerprint density at radius 1 is 0.938 bits per heavy atom. The molecule has 0 bridgehead atoms. The summed E-state index contributed by atoms with van der Waals surface area (Å²) in [7, 11) is 0. The Labute approximate surface area is 192 Å². The number of rotatable bonds is 8. The summed E-state index contributed by atoms with van der Waals surface area (Å²) in [5, 5.41) is 6.02. The first-order chi connectivity index (χ1) is 15.7. The van der Waals surface area contributed by atoms with Crippen molar-refractivity contribution >= 4 is 29.0 Å². The number of urea groups is 1. The molecule has 4 rings (SSSR count). The Hall–Kier alpha value is -3.29. The number of hydrogen-bond donors (Lipinski definition) is 2. The van der Waals surface area contributed by atoms with Crippen LogP contribution in [0, 0.1) is 0 Å². The predicted molar refractivity (Wildman–Crippen MR) is 126 cm³/mol. The number of carbonyl (C=O) groups is 1. The molecule has 1 saturated heterocycles. The van der Waals surface area contributed by atoms with Gasteiger partial charge in [0, 0.05) is 30.3 Å². The first-order valence-electron chi connectivity index (χ1n) is 10.6. The molecule has 1 aliphatic rings. The highest BCUT2D eigenvalue weighted by atomic mass is 35.5. The summed E-state index contributed by atoms with van der Waals surface area (Å²) in [5.74, 6) is 1.97. The van der Waals surface area contributed by atoms with Crippen molar-refractivity contribution in [2.75, 3.05) is 36.9 Å². The predicted octanol–water partition coefficient (Wildman–Crippen LogP) is 5.65. The molecule has 0 spiro atoms. The molecule has 8 heteroatoms. The highest BCUT2D eigenvalue weighted by Crippen LogP contribution is 2.28. The third-order valence-electron chi connectivity index (χ3n) is 5.05. The van der Waals surface area contributed by atoms with Gasteiger partial charge in [0.2, 0.25) is 0 Å². The van der Waals surface area contributed by atoms with Gasteiger partial charge in [0.05, 0.1) is 5.02 Å². The largest absolute Gasteiger partial charge is 0.491 e. The van der Waals surface area contributed by atoms with Crippen LogP contribution in [0.4, 0.5) is 16.2 Å². The van der Waals surface area contributed by atoms with Gasteiger partial charge >= 0.3 is 6.03 Å². The van der Waals surface area contributed by atoms with Crippen molar-refractivity contribution in [1.29, 1.82) is 0 Å². The quantitative estimate of drug-likeness (QED) is 0.462. The van der Waals surface area contributed by atoms with Crippen LogP contribution >= 0.6 is 11.6 Å². The molecular formula is C24H25ClN4O3. The number of pyridine rings is 1. The fraction of sp³-hybridized carbons (Fsp3) is 0.250. The second-order valence-electron chi connectivity index (χ2n) is 7.43. The first kappa shape index (κ1) is 21.9. The number of nitrogens with zero attached hydrogens (tertiary/aromatic N) is 2. The van der Waals surface area contributed by atoms with Crippen molar-refractivity contribution in [3.63, 3.8) is 0 Å². The van der Waals surface area contributed by atoms with E-state index in [1.807, 2.05) is 0 Å². The van der Waals surface area contributed by atoms with Crippen molar-refractivity contribution in [3.05, 3.63) is 72.0 Å². The molecule has 2 amide bonds. The van der Waals surface area contributed by atoms with Gasteiger partial charge in [0.25, 0.3) is 0 Å². The van der Waals surface area contributed by atoms with Crippen LogP contribution < -0.4 is 20.1 Å². The van der Waals surface area contributed by atoms with Crippen LogP contribution in [0.5, 0.6) is 17.2 Å². The third kappa shape index (κ3) is 6.35. The normalized spacial score (nSPS) is 13.5. The number of benzene rings is 2. The SMILES string of the molecule is O=C(Nc1ccc(Oc2ccncc2)cc1)Nc1ccc(OCCN2CCCC2)c(Cl)c1. The molecule has 3 aromatic rings. The smallest absolute Gasteiger partial charge is 0.323 e. The minimum Gasteiger partial charge on any atom is -0.491 e. The minimum atomic E-state index is -0.369. The van der Waals surface area contributed by atoms with E-state index in [0.717, 1.165) is 19.6 Å². The molecule has 2 heterocycles. The van der Waals surface area contributed by atoms with Gasteiger partial charge in [0.15, 0.2) is 0 Å². The number of hydrogen-bond acceptors (Lipinski definition) is 5. The molecule has 0 unspecified atom stereocenters. The van der Waals surface area contributed by atoms with Gasteiger partial charge in [-0.15, -0.1) is 0 Å². The van der Waals surface area contributed by atoms with Gasteiger partial charge in [0.1, 0.15) is 23.9 Å². The molecule has 1 fully saturated rings. The first-order valence-corrected chi connectivity index (χ1v) is 10.9. The van der Waals surface area contributed by atoms with Gasteiger partial charge in [-0.25, -0.2) is 4.79 Å². The van der Waals surface area contributed by atoms with Crippen molar-refractivity contribution in [1.82, 2.24) is 9.88 Å². The summed E-state index contributed by atoms with van der Waals surface area (Å²) in [4.78, 5) is 18.7. The van der Waals surface area contributed by atoms with Crippen LogP contribution in [-0.2, 0) is 0 Å². The van der Waals surface area contributed by atoms with E-state index in [2.05, 4.69) is 20.5 Å². The van der Waals surface area contributed by atoms with Crippen molar-refractivity contribution < 1.29 is 14.3 Å². The number of ether oxygens (including phenoxy) is 2. The van der Waals surface area contributed by atoms with Crippen molar-refractivity contribution in [2.45, 2.75) is 12.8 Å². The zero-order valence-electron chi connectivity index (χ0n) is 17.6. The lowest BCUT2D eigenvalue weighted by molar-refractivity contribution is 0.238. The second-order valence-corrected chi connectivity index (χ2v) is 7.84. The summed E-state index contributed by atoms with van der Waals surface area (Å²) in [6, 6.07) is 15.5. The number of aromatic nitrogens is 1. The summed E-state index contributed by atoms with van der Waals surface area (Å²) >= 11 is 6.32. The van der Waals surface area contributed by atoms with Crippen LogP contribution in [-0.4, -0.2) is 42.2 Å². The van der Waals surface area contributed by atoms with Gasteiger partial charge in [-0.1, -0.05) is 11.6 Å². The van der Waals surface area contributed by atoms with Crippen LogP contribution in [0.15, 0.2) is 67.0 Å². The van der Waals surface area contributed by atoms with Crippen LogP contribution in [0.2, 0.25) is 5.02 Å². The maximum absolute atomic E-state index is 12.3. The van der Waals surface area contributed by atoms with Crippen molar-refractivity contribution in [3.8, 4) is 17.2 Å². The fourth-order valence-electron chi connectivity index (χ4n) is 3.43. The van der Waals surface area contributed by atoms with E-state index in [9.17, 15) is 4.79 Å². The minimum absolute atomic E-state index is 0.369.